The Labute approximate surface area is 157 Å². The molecule has 0 aromatic heterocycles. The monoisotopic (exact) mass is 360 g/mol. The van der Waals surface area contributed by atoms with Gasteiger partial charge in [-0.15, -0.1) is 0 Å². The number of piperidine rings is 1. The lowest BCUT2D eigenvalue weighted by molar-refractivity contribution is 0.174. The van der Waals surface area contributed by atoms with Crippen molar-refractivity contribution in [1.29, 1.82) is 0 Å². The molecule has 0 spiro atoms. The van der Waals surface area contributed by atoms with E-state index >= 15 is 0 Å². The molecule has 2 aliphatic rings. The quantitative estimate of drug-likeness (QED) is 0.444. The third-order valence-corrected chi connectivity index (χ3v) is 5.19. The fourth-order valence-corrected chi connectivity index (χ4v) is 3.44. The summed E-state index contributed by atoms with van der Waals surface area (Å²) in [5.41, 5.74) is 1.23. The molecule has 1 aromatic rings. The van der Waals surface area contributed by atoms with Crippen LogP contribution in [0.15, 0.2) is 23.2 Å². The van der Waals surface area contributed by atoms with E-state index in [1.165, 1.54) is 38.0 Å². The molecule has 0 unspecified atom stereocenters. The molecule has 1 aromatic carbocycles. The van der Waals surface area contributed by atoms with Crippen LogP contribution < -0.4 is 20.1 Å². The zero-order chi connectivity index (χ0) is 18.2. The molecule has 2 heterocycles. The molecule has 0 bridgehead atoms. The normalized spacial score (nSPS) is 18.2. The van der Waals surface area contributed by atoms with Crippen molar-refractivity contribution in [2.45, 2.75) is 32.6 Å². The van der Waals surface area contributed by atoms with Gasteiger partial charge in [-0.05, 0) is 68.9 Å². The van der Waals surface area contributed by atoms with E-state index in [1.54, 1.807) is 0 Å². The Balaban J connectivity index is 1.30. The van der Waals surface area contributed by atoms with E-state index in [9.17, 15) is 0 Å². The zero-order valence-electron chi connectivity index (χ0n) is 16.1. The molecule has 0 saturated carbocycles. The van der Waals surface area contributed by atoms with Gasteiger partial charge in [-0.2, -0.15) is 0 Å². The van der Waals surface area contributed by atoms with Gasteiger partial charge in [0.2, 0.25) is 6.79 Å². The fraction of sp³-hybridized carbons (Fsp3) is 0.650. The summed E-state index contributed by atoms with van der Waals surface area (Å²) in [5, 5.41) is 6.80. The third kappa shape index (κ3) is 5.53. The summed E-state index contributed by atoms with van der Waals surface area (Å²) in [7, 11) is 1.82. The molecule has 0 amide bonds. The fourth-order valence-electron chi connectivity index (χ4n) is 3.44. The largest absolute Gasteiger partial charge is 0.454 e. The van der Waals surface area contributed by atoms with Crippen LogP contribution >= 0.6 is 0 Å². The van der Waals surface area contributed by atoms with E-state index in [2.05, 4.69) is 39.6 Å². The number of guanidine groups is 1. The molecule has 144 valence electrons. The number of fused-ring (bicyclic) bond motifs is 1. The van der Waals surface area contributed by atoms with Crippen molar-refractivity contribution in [3.05, 3.63) is 23.8 Å². The van der Waals surface area contributed by atoms with Gasteiger partial charge in [-0.3, -0.25) is 4.99 Å². The first kappa shape index (κ1) is 18.8. The van der Waals surface area contributed by atoms with E-state index in [0.717, 1.165) is 49.3 Å². The molecule has 1 fully saturated rings. The molecule has 0 atom stereocenters. The average molecular weight is 361 g/mol. The Morgan fingerprint density at radius 1 is 1.15 bits per heavy atom. The van der Waals surface area contributed by atoms with Gasteiger partial charge in [0, 0.05) is 20.1 Å². The lowest BCUT2D eigenvalue weighted by Crippen LogP contribution is -2.40. The van der Waals surface area contributed by atoms with Crippen molar-refractivity contribution in [3.8, 4) is 11.5 Å². The number of hydrogen-bond acceptors (Lipinski definition) is 4. The Bertz CT molecular complexity index is 597. The number of rotatable bonds is 7. The second-order valence-corrected chi connectivity index (χ2v) is 7.24. The molecule has 6 heteroatoms. The van der Waals surface area contributed by atoms with Crippen LogP contribution in [-0.2, 0) is 6.42 Å². The van der Waals surface area contributed by atoms with E-state index in [1.807, 2.05) is 13.1 Å². The Morgan fingerprint density at radius 2 is 1.92 bits per heavy atom. The zero-order valence-corrected chi connectivity index (χ0v) is 16.1. The summed E-state index contributed by atoms with van der Waals surface area (Å²) in [6.45, 7) is 8.16. The van der Waals surface area contributed by atoms with Crippen molar-refractivity contribution in [2.75, 3.05) is 46.6 Å². The van der Waals surface area contributed by atoms with E-state index < -0.39 is 0 Å². The van der Waals surface area contributed by atoms with Gasteiger partial charge in [0.1, 0.15) is 0 Å². The molecule has 0 radical (unpaired) electrons. The van der Waals surface area contributed by atoms with Crippen LogP contribution in [0.5, 0.6) is 11.5 Å². The van der Waals surface area contributed by atoms with Crippen molar-refractivity contribution in [2.24, 2.45) is 10.9 Å². The predicted molar refractivity (Wildman–Crippen MR) is 105 cm³/mol. The smallest absolute Gasteiger partial charge is 0.231 e. The first-order valence-corrected chi connectivity index (χ1v) is 9.80. The number of hydrogen-bond donors (Lipinski definition) is 2. The van der Waals surface area contributed by atoms with Gasteiger partial charge in [0.15, 0.2) is 17.5 Å². The van der Waals surface area contributed by atoms with Crippen LogP contribution in [0.2, 0.25) is 0 Å². The number of nitrogens with one attached hydrogen (secondary N) is 2. The van der Waals surface area contributed by atoms with Crippen LogP contribution in [0.25, 0.3) is 0 Å². The second-order valence-electron chi connectivity index (χ2n) is 7.24. The lowest BCUT2D eigenvalue weighted by Gasteiger charge is -2.30. The third-order valence-electron chi connectivity index (χ3n) is 5.19. The summed E-state index contributed by atoms with van der Waals surface area (Å²) in [4.78, 5) is 6.89. The maximum absolute atomic E-state index is 5.43. The van der Waals surface area contributed by atoms with Gasteiger partial charge >= 0.3 is 0 Å². The summed E-state index contributed by atoms with van der Waals surface area (Å²) in [5.74, 6) is 3.45. The van der Waals surface area contributed by atoms with Crippen molar-refractivity contribution in [3.63, 3.8) is 0 Å². The number of ether oxygens (including phenoxy) is 2. The van der Waals surface area contributed by atoms with Crippen molar-refractivity contribution in [1.82, 2.24) is 15.5 Å². The number of benzene rings is 1. The minimum absolute atomic E-state index is 0.323. The Hall–Kier alpha value is -1.95. The topological polar surface area (TPSA) is 58.1 Å². The van der Waals surface area contributed by atoms with Gasteiger partial charge in [0.25, 0.3) is 0 Å². The average Bonchev–Trinajstić information content (AvgIpc) is 3.13. The number of nitrogens with zero attached hydrogens (tertiary/aromatic N) is 2. The molecule has 6 nitrogen and oxygen atoms in total. The van der Waals surface area contributed by atoms with Crippen LogP contribution in [0.4, 0.5) is 0 Å². The first-order chi connectivity index (χ1) is 12.7. The summed E-state index contributed by atoms with van der Waals surface area (Å²) < 4.78 is 10.8. The minimum Gasteiger partial charge on any atom is -0.454 e. The lowest BCUT2D eigenvalue weighted by atomic mass is 9.99. The summed E-state index contributed by atoms with van der Waals surface area (Å²) in [6.07, 6.45) is 4.76. The molecular weight excluding hydrogens is 328 g/mol. The van der Waals surface area contributed by atoms with Crippen LogP contribution in [0.3, 0.4) is 0 Å². The molecule has 2 N–H and O–H groups in total. The number of aliphatic imine (C=N–C) groups is 1. The van der Waals surface area contributed by atoms with Gasteiger partial charge in [-0.1, -0.05) is 13.0 Å². The highest BCUT2D eigenvalue weighted by Gasteiger charge is 2.15. The summed E-state index contributed by atoms with van der Waals surface area (Å²) >= 11 is 0. The van der Waals surface area contributed by atoms with E-state index in [0.29, 0.717) is 6.79 Å². The van der Waals surface area contributed by atoms with Crippen molar-refractivity contribution >= 4 is 5.96 Å². The highest BCUT2D eigenvalue weighted by Crippen LogP contribution is 2.32. The standard InChI is InChI=1S/C20H32N4O2/c1-16-7-12-24(13-8-16)11-3-9-22-20(21-2)23-10-6-17-4-5-18-19(14-17)26-15-25-18/h4-5,14,16H,3,6-13,15H2,1-2H3,(H2,21,22,23). The SMILES string of the molecule is CN=C(NCCCN1CCC(C)CC1)NCCc1ccc2c(c1)OCO2. The van der Waals surface area contributed by atoms with Crippen LogP contribution in [-0.4, -0.2) is 57.4 Å². The molecule has 26 heavy (non-hydrogen) atoms. The van der Waals surface area contributed by atoms with Gasteiger partial charge in [-0.25, -0.2) is 0 Å². The second kappa shape index (κ2) is 9.67. The number of likely N-dealkylation sites (tertiary alicyclic amines) is 1. The maximum Gasteiger partial charge on any atom is 0.231 e. The molecular formula is C20H32N4O2. The molecule has 0 aliphatic carbocycles. The molecule has 1 saturated heterocycles. The predicted octanol–water partition coefficient (Wildman–Crippen LogP) is 2.24. The molecule has 2 aliphatic heterocycles. The highest BCUT2D eigenvalue weighted by molar-refractivity contribution is 5.79. The van der Waals surface area contributed by atoms with Gasteiger partial charge < -0.3 is 25.0 Å². The Morgan fingerprint density at radius 3 is 2.73 bits per heavy atom. The Kier molecular flexibility index (Phi) is 7.00. The highest BCUT2D eigenvalue weighted by atomic mass is 16.7. The summed E-state index contributed by atoms with van der Waals surface area (Å²) in [6, 6.07) is 6.12. The van der Waals surface area contributed by atoms with E-state index in [4.69, 9.17) is 9.47 Å². The van der Waals surface area contributed by atoms with Crippen molar-refractivity contribution < 1.29 is 9.47 Å². The van der Waals surface area contributed by atoms with Gasteiger partial charge in [0.05, 0.1) is 0 Å². The van der Waals surface area contributed by atoms with Crippen LogP contribution in [0.1, 0.15) is 31.7 Å². The first-order valence-electron chi connectivity index (χ1n) is 9.80. The van der Waals surface area contributed by atoms with Crippen LogP contribution in [0, 0.1) is 5.92 Å². The maximum atomic E-state index is 5.43. The minimum atomic E-state index is 0.323. The molecule has 3 rings (SSSR count). The van der Waals surface area contributed by atoms with E-state index in [-0.39, 0.29) is 0 Å².